The fraction of sp³-hybridized carbons (Fsp3) is 0.333. The molecule has 2 aromatic carbocycles. The van der Waals surface area contributed by atoms with Crippen LogP contribution in [0.2, 0.25) is 0 Å². The van der Waals surface area contributed by atoms with E-state index in [4.69, 9.17) is 4.74 Å². The van der Waals surface area contributed by atoms with Gasteiger partial charge in [0.1, 0.15) is 11.8 Å². The Labute approximate surface area is 181 Å². The predicted molar refractivity (Wildman–Crippen MR) is 115 cm³/mol. The van der Waals surface area contributed by atoms with Crippen LogP contribution in [0.15, 0.2) is 48.5 Å². The average Bonchev–Trinajstić information content (AvgIpc) is 3.02. The Kier molecular flexibility index (Phi) is 6.84. The number of ether oxygens (including phenoxy) is 1. The number of carbonyl (C=O) groups is 4. The second-order valence-electron chi connectivity index (χ2n) is 7.63. The van der Waals surface area contributed by atoms with Crippen LogP contribution in [-0.2, 0) is 25.7 Å². The first-order valence-corrected chi connectivity index (χ1v) is 10.3. The molecule has 1 unspecified atom stereocenters. The zero-order valence-electron chi connectivity index (χ0n) is 18.0. The van der Waals surface area contributed by atoms with E-state index in [9.17, 15) is 19.2 Å². The molecule has 1 aliphatic heterocycles. The Morgan fingerprint density at radius 1 is 1.06 bits per heavy atom. The number of rotatable bonds is 7. The van der Waals surface area contributed by atoms with Crippen molar-refractivity contribution in [3.05, 3.63) is 59.7 Å². The molecule has 1 aliphatic rings. The van der Waals surface area contributed by atoms with E-state index in [0.29, 0.717) is 24.3 Å². The van der Waals surface area contributed by atoms with Crippen LogP contribution >= 0.6 is 0 Å². The molecule has 2 aromatic rings. The molecule has 0 spiro atoms. The SMILES string of the molecule is CCCC(=O)N(Cc1ccc(C)cc1)C1CC(=O)N(c2ccc(OC(C)=O)cc2)C1=O. The van der Waals surface area contributed by atoms with Gasteiger partial charge >= 0.3 is 5.97 Å². The van der Waals surface area contributed by atoms with Gasteiger partial charge in [0.15, 0.2) is 0 Å². The van der Waals surface area contributed by atoms with E-state index < -0.39 is 17.9 Å². The quantitative estimate of drug-likeness (QED) is 0.388. The lowest BCUT2D eigenvalue weighted by molar-refractivity contribution is -0.139. The summed E-state index contributed by atoms with van der Waals surface area (Å²) in [6.45, 7) is 5.44. The van der Waals surface area contributed by atoms with Crippen molar-refractivity contribution in [2.75, 3.05) is 4.90 Å². The number of hydrogen-bond donors (Lipinski definition) is 0. The van der Waals surface area contributed by atoms with Crippen LogP contribution < -0.4 is 9.64 Å². The highest BCUT2D eigenvalue weighted by Crippen LogP contribution is 2.28. The Bertz CT molecular complexity index is 982. The summed E-state index contributed by atoms with van der Waals surface area (Å²) in [7, 11) is 0. The molecule has 7 heteroatoms. The third kappa shape index (κ3) is 5.17. The van der Waals surface area contributed by atoms with Gasteiger partial charge in [-0.2, -0.15) is 0 Å². The standard InChI is InChI=1S/C24H26N2O5/c1-4-5-22(28)25(15-18-8-6-16(2)7-9-18)21-14-23(29)26(24(21)30)19-10-12-20(13-11-19)31-17(3)27/h6-13,21H,4-5,14-15H2,1-3H3. The zero-order chi connectivity index (χ0) is 22.5. The summed E-state index contributed by atoms with van der Waals surface area (Å²) in [5, 5.41) is 0. The zero-order valence-corrected chi connectivity index (χ0v) is 18.0. The third-order valence-electron chi connectivity index (χ3n) is 5.11. The van der Waals surface area contributed by atoms with Crippen LogP contribution in [0.1, 0.15) is 44.2 Å². The van der Waals surface area contributed by atoms with E-state index in [0.717, 1.165) is 16.0 Å². The Hall–Kier alpha value is -3.48. The maximum atomic E-state index is 13.2. The summed E-state index contributed by atoms with van der Waals surface area (Å²) in [5.74, 6) is -1.08. The molecule has 31 heavy (non-hydrogen) atoms. The Morgan fingerprint density at radius 2 is 1.71 bits per heavy atom. The van der Waals surface area contributed by atoms with Gasteiger partial charge in [0, 0.05) is 19.9 Å². The van der Waals surface area contributed by atoms with Crippen molar-refractivity contribution in [1.29, 1.82) is 0 Å². The van der Waals surface area contributed by atoms with Crippen molar-refractivity contribution in [2.24, 2.45) is 0 Å². The number of aryl methyl sites for hydroxylation is 1. The lowest BCUT2D eigenvalue weighted by atomic mass is 10.1. The molecule has 162 valence electrons. The van der Waals surface area contributed by atoms with Crippen LogP contribution in [0.25, 0.3) is 0 Å². The van der Waals surface area contributed by atoms with E-state index in [1.807, 2.05) is 38.1 Å². The molecular weight excluding hydrogens is 396 g/mol. The topological polar surface area (TPSA) is 84.0 Å². The minimum atomic E-state index is -0.846. The van der Waals surface area contributed by atoms with Gasteiger partial charge in [0.25, 0.3) is 5.91 Å². The highest BCUT2D eigenvalue weighted by atomic mass is 16.5. The minimum absolute atomic E-state index is 0.0636. The Balaban J connectivity index is 1.84. The minimum Gasteiger partial charge on any atom is -0.427 e. The fourth-order valence-corrected chi connectivity index (χ4v) is 3.58. The van der Waals surface area contributed by atoms with Crippen molar-refractivity contribution >= 4 is 29.4 Å². The molecule has 0 radical (unpaired) electrons. The molecule has 0 bridgehead atoms. The molecule has 0 aliphatic carbocycles. The van der Waals surface area contributed by atoms with Crippen LogP contribution in [-0.4, -0.2) is 34.6 Å². The molecule has 0 N–H and O–H groups in total. The summed E-state index contributed by atoms with van der Waals surface area (Å²) < 4.78 is 5.00. The van der Waals surface area contributed by atoms with E-state index in [-0.39, 0.29) is 24.8 Å². The van der Waals surface area contributed by atoms with Gasteiger partial charge in [-0.25, -0.2) is 4.90 Å². The van der Waals surface area contributed by atoms with Crippen molar-refractivity contribution in [3.63, 3.8) is 0 Å². The largest absolute Gasteiger partial charge is 0.427 e. The summed E-state index contributed by atoms with van der Waals surface area (Å²) in [5.41, 5.74) is 2.39. The van der Waals surface area contributed by atoms with Crippen LogP contribution in [0.4, 0.5) is 5.69 Å². The second kappa shape index (κ2) is 9.55. The summed E-state index contributed by atoms with van der Waals surface area (Å²) >= 11 is 0. The number of anilines is 1. The van der Waals surface area contributed by atoms with E-state index in [2.05, 4.69) is 0 Å². The highest BCUT2D eigenvalue weighted by molar-refractivity contribution is 6.23. The molecule has 0 saturated carbocycles. The summed E-state index contributed by atoms with van der Waals surface area (Å²) in [4.78, 5) is 52.5. The first kappa shape index (κ1) is 22.2. The Morgan fingerprint density at radius 3 is 2.29 bits per heavy atom. The maximum Gasteiger partial charge on any atom is 0.308 e. The fourth-order valence-electron chi connectivity index (χ4n) is 3.58. The molecule has 1 fully saturated rings. The van der Waals surface area contributed by atoms with Gasteiger partial charge < -0.3 is 9.64 Å². The molecule has 0 aromatic heterocycles. The lowest BCUT2D eigenvalue weighted by Crippen LogP contribution is -2.45. The van der Waals surface area contributed by atoms with Gasteiger partial charge in [0.05, 0.1) is 12.1 Å². The number of carbonyl (C=O) groups excluding carboxylic acids is 4. The van der Waals surface area contributed by atoms with Gasteiger partial charge in [-0.15, -0.1) is 0 Å². The number of hydrogen-bond acceptors (Lipinski definition) is 5. The van der Waals surface area contributed by atoms with E-state index >= 15 is 0 Å². The van der Waals surface area contributed by atoms with Crippen LogP contribution in [0.3, 0.4) is 0 Å². The number of esters is 1. The number of imide groups is 1. The molecule has 1 heterocycles. The molecule has 3 rings (SSSR count). The smallest absolute Gasteiger partial charge is 0.308 e. The van der Waals surface area contributed by atoms with Gasteiger partial charge in [-0.1, -0.05) is 36.8 Å². The molecular formula is C24H26N2O5. The van der Waals surface area contributed by atoms with Crippen molar-refractivity contribution < 1.29 is 23.9 Å². The molecule has 1 saturated heterocycles. The first-order valence-electron chi connectivity index (χ1n) is 10.3. The summed E-state index contributed by atoms with van der Waals surface area (Å²) in [6, 6.07) is 13.1. The van der Waals surface area contributed by atoms with Crippen molar-refractivity contribution in [1.82, 2.24) is 4.90 Å². The predicted octanol–water partition coefficient (Wildman–Crippen LogP) is 3.38. The number of amides is 3. The molecule has 1 atom stereocenters. The van der Waals surface area contributed by atoms with E-state index in [1.165, 1.54) is 24.0 Å². The lowest BCUT2D eigenvalue weighted by Gasteiger charge is -2.28. The second-order valence-corrected chi connectivity index (χ2v) is 7.63. The normalized spacial score (nSPS) is 15.8. The van der Waals surface area contributed by atoms with Crippen molar-refractivity contribution in [2.45, 2.75) is 52.6 Å². The van der Waals surface area contributed by atoms with Crippen molar-refractivity contribution in [3.8, 4) is 5.75 Å². The first-order chi connectivity index (χ1) is 14.8. The van der Waals surface area contributed by atoms with Crippen LogP contribution in [0, 0.1) is 6.92 Å². The highest BCUT2D eigenvalue weighted by Gasteiger charge is 2.44. The van der Waals surface area contributed by atoms with Gasteiger partial charge in [-0.3, -0.25) is 19.2 Å². The molecule has 3 amide bonds. The van der Waals surface area contributed by atoms with E-state index in [1.54, 1.807) is 12.1 Å². The third-order valence-corrected chi connectivity index (χ3v) is 5.11. The number of nitrogens with zero attached hydrogens (tertiary/aromatic N) is 2. The average molecular weight is 422 g/mol. The molecule has 7 nitrogen and oxygen atoms in total. The van der Waals surface area contributed by atoms with Crippen LogP contribution in [0.5, 0.6) is 5.75 Å². The number of benzene rings is 2. The maximum absolute atomic E-state index is 13.2. The van der Waals surface area contributed by atoms with Gasteiger partial charge in [0.2, 0.25) is 11.8 Å². The van der Waals surface area contributed by atoms with Gasteiger partial charge in [-0.05, 0) is 43.2 Å². The monoisotopic (exact) mass is 422 g/mol. The summed E-state index contributed by atoms with van der Waals surface area (Å²) in [6.07, 6.45) is 0.895.